The first-order chi connectivity index (χ1) is 6.93. The van der Waals surface area contributed by atoms with E-state index in [9.17, 15) is 0 Å². The number of thioether (sulfide) groups is 1. The largest absolute Gasteiger partial charge is 0.379 e. The van der Waals surface area contributed by atoms with Crippen LogP contribution in [0.25, 0.3) is 0 Å². The Morgan fingerprint density at radius 3 is 2.07 bits per heavy atom. The summed E-state index contributed by atoms with van der Waals surface area (Å²) in [4.78, 5) is 0. The van der Waals surface area contributed by atoms with Crippen LogP contribution in [0, 0.1) is 33.1 Å². The third-order valence-corrected chi connectivity index (χ3v) is 3.64. The van der Waals surface area contributed by atoms with Crippen LogP contribution in [0.4, 0.5) is 0 Å². The lowest BCUT2D eigenvalue weighted by Gasteiger charge is -2.14. The normalized spacial score (nSPS) is 10.4. The van der Waals surface area contributed by atoms with Gasteiger partial charge in [0.15, 0.2) is 5.17 Å². The number of rotatable bonds is 2. The number of aryl methyl sites for hydroxylation is 2. The summed E-state index contributed by atoms with van der Waals surface area (Å²) in [5, 5.41) is 7.42. The van der Waals surface area contributed by atoms with Gasteiger partial charge >= 0.3 is 0 Å². The van der Waals surface area contributed by atoms with Crippen molar-refractivity contribution in [1.82, 2.24) is 0 Å². The molecule has 82 valence electrons. The minimum absolute atomic E-state index is 0.188. The number of nitrogens with two attached hydrogens (primary N) is 1. The van der Waals surface area contributed by atoms with Crippen molar-refractivity contribution >= 4 is 16.9 Å². The number of nitrogens with one attached hydrogen (secondary N) is 1. The molecule has 0 saturated carbocycles. The molecule has 0 amide bonds. The highest BCUT2D eigenvalue weighted by atomic mass is 32.2. The first-order valence-electron chi connectivity index (χ1n) is 4.96. The molecule has 0 aliphatic rings. The maximum Gasteiger partial charge on any atom is 0.151 e. The van der Waals surface area contributed by atoms with Crippen LogP contribution in [0.1, 0.15) is 27.8 Å². The molecule has 1 aromatic carbocycles. The number of hydrogen-bond acceptors (Lipinski definition) is 2. The second kappa shape index (κ2) is 4.71. The number of benzene rings is 1. The van der Waals surface area contributed by atoms with Crippen LogP contribution in [-0.4, -0.2) is 5.17 Å². The van der Waals surface area contributed by atoms with Crippen molar-refractivity contribution in [2.45, 2.75) is 33.4 Å². The molecule has 0 unspecified atom stereocenters. The Hall–Kier alpha value is -0.960. The van der Waals surface area contributed by atoms with Crippen molar-refractivity contribution in [3.63, 3.8) is 0 Å². The quantitative estimate of drug-likeness (QED) is 0.597. The highest BCUT2D eigenvalue weighted by Crippen LogP contribution is 2.25. The summed E-state index contributed by atoms with van der Waals surface area (Å²) in [6.07, 6.45) is 0. The molecule has 15 heavy (non-hydrogen) atoms. The smallest absolute Gasteiger partial charge is 0.151 e. The zero-order chi connectivity index (χ0) is 11.6. The molecule has 1 rings (SSSR count). The van der Waals surface area contributed by atoms with Gasteiger partial charge in [-0.25, -0.2) is 0 Å². The van der Waals surface area contributed by atoms with E-state index in [-0.39, 0.29) is 5.17 Å². The Morgan fingerprint density at radius 1 is 1.20 bits per heavy atom. The van der Waals surface area contributed by atoms with Crippen molar-refractivity contribution in [3.8, 4) is 0 Å². The third-order valence-electron chi connectivity index (χ3n) is 2.89. The first-order valence-corrected chi connectivity index (χ1v) is 5.95. The van der Waals surface area contributed by atoms with Crippen LogP contribution in [0.2, 0.25) is 0 Å². The SMILES string of the molecule is Cc1cc(C)c(C)c(CSC(=N)N)c1C. The van der Waals surface area contributed by atoms with Crippen LogP contribution in [0.15, 0.2) is 6.07 Å². The van der Waals surface area contributed by atoms with E-state index in [0.717, 1.165) is 5.75 Å². The zero-order valence-electron chi connectivity index (χ0n) is 9.77. The summed E-state index contributed by atoms with van der Waals surface area (Å²) in [6, 6.07) is 2.21. The topological polar surface area (TPSA) is 49.9 Å². The molecule has 0 radical (unpaired) electrons. The van der Waals surface area contributed by atoms with Gasteiger partial charge in [0.1, 0.15) is 0 Å². The predicted octanol–water partition coefficient (Wildman–Crippen LogP) is 3.05. The van der Waals surface area contributed by atoms with Gasteiger partial charge in [-0.2, -0.15) is 0 Å². The van der Waals surface area contributed by atoms with E-state index < -0.39 is 0 Å². The van der Waals surface area contributed by atoms with Gasteiger partial charge in [0.25, 0.3) is 0 Å². The van der Waals surface area contributed by atoms with Gasteiger partial charge in [0.05, 0.1) is 0 Å². The Bertz CT molecular complexity index is 371. The number of hydrogen-bond donors (Lipinski definition) is 2. The molecule has 1 aromatic rings. The molecule has 3 N–H and O–H groups in total. The average molecular weight is 222 g/mol. The summed E-state index contributed by atoms with van der Waals surface area (Å²) in [7, 11) is 0. The lowest BCUT2D eigenvalue weighted by molar-refractivity contribution is 1.16. The molecule has 0 aliphatic carbocycles. The van der Waals surface area contributed by atoms with Crippen LogP contribution in [0.3, 0.4) is 0 Å². The molecule has 0 heterocycles. The van der Waals surface area contributed by atoms with Gasteiger partial charge < -0.3 is 5.73 Å². The van der Waals surface area contributed by atoms with E-state index in [0.29, 0.717) is 0 Å². The highest BCUT2D eigenvalue weighted by molar-refractivity contribution is 8.13. The molecule has 2 nitrogen and oxygen atoms in total. The minimum Gasteiger partial charge on any atom is -0.379 e. The van der Waals surface area contributed by atoms with Crippen LogP contribution in [0.5, 0.6) is 0 Å². The standard InChI is InChI=1S/C12H18N2S/c1-7-5-8(2)10(4)11(9(7)3)6-15-12(13)14/h5H,6H2,1-4H3,(H3,13,14). The van der Waals surface area contributed by atoms with Crippen LogP contribution < -0.4 is 5.73 Å². The fraction of sp³-hybridized carbons (Fsp3) is 0.417. The molecule has 0 spiro atoms. The van der Waals surface area contributed by atoms with Gasteiger partial charge in [-0.15, -0.1) is 0 Å². The van der Waals surface area contributed by atoms with Gasteiger partial charge in [-0.05, 0) is 55.5 Å². The van der Waals surface area contributed by atoms with E-state index in [1.165, 1.54) is 39.6 Å². The zero-order valence-corrected chi connectivity index (χ0v) is 10.6. The summed E-state index contributed by atoms with van der Waals surface area (Å²) in [5.74, 6) is 0.801. The maximum absolute atomic E-state index is 7.23. The fourth-order valence-electron chi connectivity index (χ4n) is 1.66. The second-order valence-electron chi connectivity index (χ2n) is 3.89. The van der Waals surface area contributed by atoms with Crippen molar-refractivity contribution in [2.24, 2.45) is 5.73 Å². The van der Waals surface area contributed by atoms with Crippen molar-refractivity contribution in [3.05, 3.63) is 33.9 Å². The van der Waals surface area contributed by atoms with Crippen LogP contribution >= 0.6 is 11.8 Å². The van der Waals surface area contributed by atoms with Gasteiger partial charge in [-0.3, -0.25) is 5.41 Å². The van der Waals surface area contributed by atoms with Crippen molar-refractivity contribution in [2.75, 3.05) is 0 Å². The lowest BCUT2D eigenvalue weighted by atomic mass is 9.95. The summed E-state index contributed by atoms with van der Waals surface area (Å²) < 4.78 is 0. The lowest BCUT2D eigenvalue weighted by Crippen LogP contribution is -2.06. The molecule has 0 saturated heterocycles. The van der Waals surface area contributed by atoms with E-state index in [1.54, 1.807) is 0 Å². The second-order valence-corrected chi connectivity index (χ2v) is 4.91. The Balaban J connectivity index is 3.09. The molecule has 0 atom stereocenters. The highest BCUT2D eigenvalue weighted by Gasteiger charge is 2.08. The Morgan fingerprint density at radius 2 is 1.67 bits per heavy atom. The van der Waals surface area contributed by atoms with E-state index in [4.69, 9.17) is 11.1 Å². The molecule has 0 aromatic heterocycles. The van der Waals surface area contributed by atoms with Gasteiger partial charge in [0.2, 0.25) is 0 Å². The number of amidine groups is 1. The molecular weight excluding hydrogens is 204 g/mol. The summed E-state index contributed by atoms with van der Waals surface area (Å²) in [5.41, 5.74) is 12.0. The monoisotopic (exact) mass is 222 g/mol. The minimum atomic E-state index is 0.188. The fourth-order valence-corrected chi connectivity index (χ4v) is 2.40. The molecule has 0 fully saturated rings. The van der Waals surface area contributed by atoms with Crippen LogP contribution in [-0.2, 0) is 5.75 Å². The molecular formula is C12H18N2S. The molecule has 0 bridgehead atoms. The van der Waals surface area contributed by atoms with E-state index in [2.05, 4.69) is 33.8 Å². The predicted molar refractivity (Wildman–Crippen MR) is 68.6 cm³/mol. The summed E-state index contributed by atoms with van der Waals surface area (Å²) in [6.45, 7) is 8.53. The van der Waals surface area contributed by atoms with E-state index >= 15 is 0 Å². The van der Waals surface area contributed by atoms with E-state index in [1.807, 2.05) is 0 Å². The average Bonchev–Trinajstić information content (AvgIpc) is 2.14. The van der Waals surface area contributed by atoms with Gasteiger partial charge in [0, 0.05) is 5.75 Å². The van der Waals surface area contributed by atoms with Crippen molar-refractivity contribution < 1.29 is 0 Å². The Kier molecular flexibility index (Phi) is 3.80. The molecule has 3 heteroatoms. The van der Waals surface area contributed by atoms with Crippen molar-refractivity contribution in [1.29, 1.82) is 5.41 Å². The summed E-state index contributed by atoms with van der Waals surface area (Å²) >= 11 is 1.39. The van der Waals surface area contributed by atoms with Gasteiger partial charge in [-0.1, -0.05) is 17.8 Å². The maximum atomic E-state index is 7.23. The first kappa shape index (κ1) is 12.1. The Labute approximate surface area is 95.8 Å². The molecule has 0 aliphatic heterocycles. The third kappa shape index (κ3) is 2.75.